The van der Waals surface area contributed by atoms with E-state index in [9.17, 15) is 14.9 Å². The summed E-state index contributed by atoms with van der Waals surface area (Å²) < 4.78 is 13.4. The van der Waals surface area contributed by atoms with Crippen molar-refractivity contribution in [2.75, 3.05) is 40.9 Å². The number of ether oxygens (including phenoxy) is 2. The Morgan fingerprint density at radius 2 is 1.73 bits per heavy atom. The van der Waals surface area contributed by atoms with Crippen molar-refractivity contribution in [1.82, 2.24) is 19.3 Å². The lowest BCUT2D eigenvalue weighted by Crippen LogP contribution is -2.57. The number of carbonyl (C=O) groups is 1. The number of nitriles is 1. The van der Waals surface area contributed by atoms with Gasteiger partial charge in [0.1, 0.15) is 23.1 Å². The summed E-state index contributed by atoms with van der Waals surface area (Å²) in [6.07, 6.45) is 4.44. The van der Waals surface area contributed by atoms with Gasteiger partial charge in [0.05, 0.1) is 25.8 Å². The van der Waals surface area contributed by atoms with Gasteiger partial charge in [-0.05, 0) is 79.6 Å². The minimum Gasteiger partial charge on any atom is -0.496 e. The quantitative estimate of drug-likeness (QED) is 0.206. The van der Waals surface area contributed by atoms with Gasteiger partial charge in [-0.2, -0.15) is 5.26 Å². The molecule has 1 atom stereocenters. The van der Waals surface area contributed by atoms with E-state index in [-0.39, 0.29) is 28.5 Å². The maximum absolute atomic E-state index is 13.4. The Hall–Kier alpha value is -4.39. The number of nitrogens with zero attached hydrogens (tertiary/aromatic N) is 5. The molecule has 49 heavy (non-hydrogen) atoms. The normalized spacial score (nSPS) is 17.1. The van der Waals surface area contributed by atoms with E-state index in [1.807, 2.05) is 57.8 Å². The first-order chi connectivity index (χ1) is 23.1. The molecule has 1 amide bonds. The molecule has 2 aromatic carbocycles. The zero-order valence-corrected chi connectivity index (χ0v) is 30.8. The van der Waals surface area contributed by atoms with Gasteiger partial charge in [0, 0.05) is 63.1 Å². The fraction of sp³-hybridized carbons (Fsp3) is 0.475. The summed E-state index contributed by atoms with van der Waals surface area (Å²) in [6, 6.07) is 13.2. The minimum absolute atomic E-state index is 0.00764. The SMILES string of the molecule is COc1cc(-c2cn(C)c(=O)c(C)c2C)cc(OC)c1CN1CC(N(C)Cc2ccc3c(c2)C(C)N(C(=O)/C(C#N)=C/C(C)(C)C)CC3)C1. The number of hydrogen-bond acceptors (Lipinski definition) is 7. The molecule has 9 nitrogen and oxygen atoms in total. The number of allylic oxidation sites excluding steroid dienone is 1. The molecule has 260 valence electrons. The molecule has 0 N–H and O–H groups in total. The lowest BCUT2D eigenvalue weighted by Gasteiger charge is -2.44. The van der Waals surface area contributed by atoms with E-state index in [0.29, 0.717) is 19.1 Å². The van der Waals surface area contributed by atoms with Gasteiger partial charge < -0.3 is 18.9 Å². The number of carbonyl (C=O) groups excluding carboxylic acids is 1. The maximum atomic E-state index is 13.4. The highest BCUT2D eigenvalue weighted by atomic mass is 16.5. The average molecular weight is 666 g/mol. The van der Waals surface area contributed by atoms with E-state index >= 15 is 0 Å². The van der Waals surface area contributed by atoms with Gasteiger partial charge in [0.15, 0.2) is 0 Å². The van der Waals surface area contributed by atoms with E-state index in [2.05, 4.69) is 48.0 Å². The number of hydrogen-bond donors (Lipinski definition) is 0. The lowest BCUT2D eigenvalue weighted by molar-refractivity contribution is -0.129. The van der Waals surface area contributed by atoms with E-state index < -0.39 is 0 Å². The lowest BCUT2D eigenvalue weighted by atomic mass is 9.90. The molecule has 0 radical (unpaired) electrons. The van der Waals surface area contributed by atoms with Crippen molar-refractivity contribution in [2.45, 2.75) is 73.1 Å². The highest BCUT2D eigenvalue weighted by Crippen LogP contribution is 2.38. The van der Waals surface area contributed by atoms with Crippen molar-refractivity contribution in [2.24, 2.45) is 12.5 Å². The second kappa shape index (κ2) is 14.2. The van der Waals surface area contributed by atoms with Crippen LogP contribution >= 0.6 is 0 Å². The number of rotatable bonds is 9. The van der Waals surface area contributed by atoms with Crippen LogP contribution < -0.4 is 15.0 Å². The predicted molar refractivity (Wildman–Crippen MR) is 194 cm³/mol. The third kappa shape index (κ3) is 7.46. The van der Waals surface area contributed by atoms with E-state index in [4.69, 9.17) is 9.47 Å². The Labute approximate surface area is 291 Å². The van der Waals surface area contributed by atoms with Crippen LogP contribution in [0.25, 0.3) is 11.1 Å². The Bertz CT molecular complexity index is 1850. The van der Waals surface area contributed by atoms with Crippen molar-refractivity contribution in [3.63, 3.8) is 0 Å². The molecule has 5 rings (SSSR count). The molecule has 1 fully saturated rings. The molecule has 2 aliphatic heterocycles. The van der Waals surface area contributed by atoms with Gasteiger partial charge >= 0.3 is 0 Å². The first kappa shape index (κ1) is 35.9. The summed E-state index contributed by atoms with van der Waals surface area (Å²) in [6.45, 7) is 15.9. The van der Waals surface area contributed by atoms with Crippen LogP contribution in [0.3, 0.4) is 0 Å². The summed E-state index contributed by atoms with van der Waals surface area (Å²) in [7, 11) is 7.32. The number of amides is 1. The van der Waals surface area contributed by atoms with Crippen molar-refractivity contribution < 1.29 is 14.3 Å². The molecular weight excluding hydrogens is 614 g/mol. The van der Waals surface area contributed by atoms with Crippen LogP contribution in [0.4, 0.5) is 0 Å². The van der Waals surface area contributed by atoms with Gasteiger partial charge in [-0.25, -0.2) is 0 Å². The monoisotopic (exact) mass is 665 g/mol. The number of aryl methyl sites for hydroxylation is 1. The molecule has 3 aromatic rings. The van der Waals surface area contributed by atoms with Crippen LogP contribution in [0.5, 0.6) is 11.5 Å². The highest BCUT2D eigenvalue weighted by molar-refractivity contribution is 5.97. The Morgan fingerprint density at radius 1 is 1.08 bits per heavy atom. The largest absolute Gasteiger partial charge is 0.496 e. The molecule has 3 heterocycles. The van der Waals surface area contributed by atoms with Crippen LogP contribution in [0.15, 0.2) is 53.0 Å². The number of likely N-dealkylation sites (N-methyl/N-ethyl adjacent to an activating group) is 1. The van der Waals surface area contributed by atoms with E-state index in [1.165, 1.54) is 16.7 Å². The highest BCUT2D eigenvalue weighted by Gasteiger charge is 2.33. The second-order valence-electron chi connectivity index (χ2n) is 14.8. The molecule has 0 bridgehead atoms. The van der Waals surface area contributed by atoms with Crippen LogP contribution in [0.1, 0.15) is 67.1 Å². The molecule has 1 saturated heterocycles. The number of fused-ring (bicyclic) bond motifs is 1. The van der Waals surface area contributed by atoms with Crippen LogP contribution in [0.2, 0.25) is 0 Å². The van der Waals surface area contributed by atoms with E-state index in [0.717, 1.165) is 65.4 Å². The summed E-state index contributed by atoms with van der Waals surface area (Å²) in [5.41, 5.74) is 8.25. The van der Waals surface area contributed by atoms with Gasteiger partial charge in [0.2, 0.25) is 0 Å². The topological polar surface area (TPSA) is 91.0 Å². The smallest absolute Gasteiger partial charge is 0.264 e. The third-order valence-electron chi connectivity index (χ3n) is 10.2. The second-order valence-corrected chi connectivity index (χ2v) is 14.8. The molecule has 1 aromatic heterocycles. The third-order valence-corrected chi connectivity index (χ3v) is 10.2. The number of pyridine rings is 1. The van der Waals surface area contributed by atoms with Crippen LogP contribution in [-0.2, 0) is 31.4 Å². The zero-order valence-electron chi connectivity index (χ0n) is 30.8. The number of aromatic nitrogens is 1. The molecule has 2 aliphatic rings. The first-order valence-corrected chi connectivity index (χ1v) is 17.1. The summed E-state index contributed by atoms with van der Waals surface area (Å²) in [5.74, 6) is 1.35. The average Bonchev–Trinajstić information content (AvgIpc) is 3.05. The zero-order chi connectivity index (χ0) is 35.8. The molecule has 0 spiro atoms. The molecule has 9 heteroatoms. The fourth-order valence-corrected chi connectivity index (χ4v) is 7.12. The Morgan fingerprint density at radius 3 is 2.33 bits per heavy atom. The minimum atomic E-state index is -0.251. The van der Waals surface area contributed by atoms with Crippen molar-refractivity contribution in [1.29, 1.82) is 5.26 Å². The molecular formula is C40H51N5O4. The standard InChI is InChI=1S/C40H51N5O4/c1-25-26(2)38(46)43(8)23-34(25)30-16-36(48-9)35(37(17-30)49-10)24-44-21-32(22-44)42(7)20-28-11-12-29-13-14-45(27(3)33(29)15-28)39(47)31(19-41)18-40(4,5)6/h11-12,15-18,23,27,32H,13-14,20-22,24H2,1-10H3/b31-18+. The maximum Gasteiger partial charge on any atom is 0.264 e. The van der Waals surface area contributed by atoms with E-state index in [1.54, 1.807) is 31.9 Å². The van der Waals surface area contributed by atoms with Crippen LogP contribution in [0, 0.1) is 30.6 Å². The molecule has 0 saturated carbocycles. The van der Waals surface area contributed by atoms with Crippen molar-refractivity contribution in [3.8, 4) is 28.7 Å². The predicted octanol–water partition coefficient (Wildman–Crippen LogP) is 5.94. The van der Waals surface area contributed by atoms with Gasteiger partial charge in [-0.1, -0.05) is 45.0 Å². The summed E-state index contributed by atoms with van der Waals surface area (Å²) in [5, 5.41) is 9.74. The van der Waals surface area contributed by atoms with Crippen molar-refractivity contribution in [3.05, 3.63) is 91.9 Å². The fourth-order valence-electron chi connectivity index (χ4n) is 7.12. The van der Waals surface area contributed by atoms with Crippen LogP contribution in [-0.4, -0.2) is 72.1 Å². The van der Waals surface area contributed by atoms with Gasteiger partial charge in [-0.15, -0.1) is 0 Å². The van der Waals surface area contributed by atoms with Crippen molar-refractivity contribution >= 4 is 5.91 Å². The number of benzene rings is 2. The Balaban J connectivity index is 1.25. The Kier molecular flexibility index (Phi) is 10.4. The summed E-state index contributed by atoms with van der Waals surface area (Å²) in [4.78, 5) is 32.5. The molecule has 1 unspecified atom stereocenters. The number of methoxy groups -OCH3 is 2. The summed E-state index contributed by atoms with van der Waals surface area (Å²) >= 11 is 0. The number of likely N-dealkylation sites (tertiary alicyclic amines) is 1. The van der Waals surface area contributed by atoms with Gasteiger partial charge in [0.25, 0.3) is 11.5 Å². The first-order valence-electron chi connectivity index (χ1n) is 17.1. The van der Waals surface area contributed by atoms with Gasteiger partial charge in [-0.3, -0.25) is 19.4 Å². The molecule has 0 aliphatic carbocycles.